The summed E-state index contributed by atoms with van der Waals surface area (Å²) in [5.74, 6) is -0.213. The minimum absolute atomic E-state index is 0.00511. The second kappa shape index (κ2) is 5.62. The minimum Gasteiger partial charge on any atom is -0.437 e. The normalized spacial score (nSPS) is 11.0. The third-order valence-corrected chi connectivity index (χ3v) is 3.84. The molecule has 0 aliphatic rings. The summed E-state index contributed by atoms with van der Waals surface area (Å²) in [5.41, 5.74) is 6.31. The van der Waals surface area contributed by atoms with Crippen LogP contribution in [-0.2, 0) is 4.79 Å². The van der Waals surface area contributed by atoms with Gasteiger partial charge >= 0.3 is 0 Å². The fraction of sp³-hybridized carbons (Fsp3) is 0.0714. The van der Waals surface area contributed by atoms with Crippen LogP contribution in [0.5, 0.6) is 0 Å². The van der Waals surface area contributed by atoms with Crippen molar-refractivity contribution < 1.29 is 9.21 Å². The van der Waals surface area contributed by atoms with Gasteiger partial charge in [-0.15, -0.1) is 0 Å². The number of fused-ring (bicyclic) bond motifs is 2. The summed E-state index contributed by atoms with van der Waals surface area (Å²) in [6.45, 7) is 0. The Labute approximate surface area is 138 Å². The highest BCUT2D eigenvalue weighted by Gasteiger charge is 2.13. The third kappa shape index (κ3) is 2.55. The number of nitrogen functional groups attached to an aromatic ring is 1. The highest BCUT2D eigenvalue weighted by atomic mass is 79.9. The van der Waals surface area contributed by atoms with Crippen LogP contribution in [0.4, 0.5) is 11.5 Å². The molecule has 22 heavy (non-hydrogen) atoms. The molecule has 8 heteroatoms. The number of nitrogens with zero attached hydrogens (tertiary/aromatic N) is 1. The molecule has 0 radical (unpaired) electrons. The van der Waals surface area contributed by atoms with Gasteiger partial charge in [-0.1, -0.05) is 15.9 Å². The molecule has 1 amide bonds. The predicted octanol–water partition coefficient (Wildman–Crippen LogP) is 2.55. The first kappa shape index (κ1) is 14.9. The first-order chi connectivity index (χ1) is 10.5. The second-order valence-electron chi connectivity index (χ2n) is 4.56. The van der Waals surface area contributed by atoms with E-state index in [1.807, 2.05) is 0 Å². The zero-order valence-corrected chi connectivity index (χ0v) is 13.6. The fourth-order valence-corrected chi connectivity index (χ4v) is 2.48. The number of nitrogens with two attached hydrogens (primary N) is 1. The Morgan fingerprint density at radius 1 is 1.36 bits per heavy atom. The maximum Gasteiger partial charge on any atom is 0.235 e. The number of hydrogen-bond acceptors (Lipinski definition) is 6. The van der Waals surface area contributed by atoms with Gasteiger partial charge in [0.2, 0.25) is 17.0 Å². The number of rotatable bonds is 2. The Morgan fingerprint density at radius 2 is 2.14 bits per heavy atom. The van der Waals surface area contributed by atoms with E-state index < -0.39 is 0 Å². The number of aromatic nitrogens is 1. The van der Waals surface area contributed by atoms with Gasteiger partial charge < -0.3 is 15.5 Å². The lowest BCUT2D eigenvalue weighted by Gasteiger charge is -2.08. The summed E-state index contributed by atoms with van der Waals surface area (Å²) >= 11 is 7.19. The molecule has 0 fully saturated rings. The number of nitrogens with one attached hydrogen (secondary N) is 1. The maximum absolute atomic E-state index is 12.5. The van der Waals surface area contributed by atoms with Crippen molar-refractivity contribution in [1.82, 2.24) is 4.98 Å². The number of hydrogen-bond donors (Lipinski definition) is 3. The van der Waals surface area contributed by atoms with Crippen LogP contribution in [0.15, 0.2) is 37.9 Å². The summed E-state index contributed by atoms with van der Waals surface area (Å²) in [6, 6.07) is 6.55. The van der Waals surface area contributed by atoms with Crippen molar-refractivity contribution in [2.45, 2.75) is 0 Å². The van der Waals surface area contributed by atoms with Crippen molar-refractivity contribution in [1.29, 1.82) is 0 Å². The molecule has 6 nitrogen and oxygen atoms in total. The molecule has 0 spiro atoms. The van der Waals surface area contributed by atoms with Crippen LogP contribution >= 0.6 is 28.6 Å². The molecule has 2 aromatic heterocycles. The molecule has 0 bridgehead atoms. The number of amides is 1. The van der Waals surface area contributed by atoms with Crippen molar-refractivity contribution in [2.75, 3.05) is 16.8 Å². The van der Waals surface area contributed by atoms with Crippen LogP contribution in [-0.4, -0.2) is 16.6 Å². The quantitative estimate of drug-likeness (QED) is 0.469. The minimum atomic E-state index is -0.353. The Bertz CT molecular complexity index is 971. The molecule has 3 rings (SSSR count). The van der Waals surface area contributed by atoms with Gasteiger partial charge in [-0.2, -0.15) is 17.6 Å². The van der Waals surface area contributed by atoms with Gasteiger partial charge in [0.05, 0.1) is 22.2 Å². The molecule has 0 aliphatic carbocycles. The van der Waals surface area contributed by atoms with Gasteiger partial charge in [0.1, 0.15) is 5.58 Å². The summed E-state index contributed by atoms with van der Waals surface area (Å²) < 4.78 is 6.40. The molecule has 0 unspecified atom stereocenters. The standard InChI is InChI=1S/C14H10BrN3O3S/c15-6-1-2-10-7(3-6)12(20)8-4-9(16)13(17-11(19)5-22)18-14(8)21-10/h1-4,22H,5,16H2,(H,17,18,19). The van der Waals surface area contributed by atoms with Gasteiger partial charge in [-0.3, -0.25) is 9.59 Å². The Hall–Kier alpha value is -2.06. The Kier molecular flexibility index (Phi) is 3.79. The number of pyridine rings is 1. The smallest absolute Gasteiger partial charge is 0.235 e. The lowest BCUT2D eigenvalue weighted by molar-refractivity contribution is -0.113. The van der Waals surface area contributed by atoms with E-state index in [1.165, 1.54) is 6.07 Å². The topological polar surface area (TPSA) is 98.2 Å². The molecule has 0 aliphatic heterocycles. The van der Waals surface area contributed by atoms with Crippen molar-refractivity contribution in [3.05, 3.63) is 39.0 Å². The van der Waals surface area contributed by atoms with E-state index in [4.69, 9.17) is 10.2 Å². The Morgan fingerprint density at radius 3 is 2.86 bits per heavy atom. The van der Waals surface area contributed by atoms with Gasteiger partial charge in [0, 0.05) is 4.47 Å². The van der Waals surface area contributed by atoms with Gasteiger partial charge in [-0.05, 0) is 24.3 Å². The van der Waals surface area contributed by atoms with Crippen molar-refractivity contribution >= 4 is 68.0 Å². The zero-order valence-electron chi connectivity index (χ0n) is 11.1. The van der Waals surface area contributed by atoms with Gasteiger partial charge in [-0.25, -0.2) is 0 Å². The lowest BCUT2D eigenvalue weighted by Crippen LogP contribution is -2.16. The molecule has 0 atom stereocenters. The summed E-state index contributed by atoms with van der Waals surface area (Å²) in [5, 5.41) is 3.19. The number of anilines is 2. The third-order valence-electron chi connectivity index (χ3n) is 3.06. The fourth-order valence-electron chi connectivity index (χ4n) is 2.04. The first-order valence-electron chi connectivity index (χ1n) is 6.23. The summed E-state index contributed by atoms with van der Waals surface area (Å²) in [7, 11) is 0. The van der Waals surface area contributed by atoms with Crippen LogP contribution < -0.4 is 16.5 Å². The van der Waals surface area contributed by atoms with E-state index in [2.05, 4.69) is 38.9 Å². The van der Waals surface area contributed by atoms with E-state index in [-0.39, 0.29) is 39.7 Å². The average molecular weight is 380 g/mol. The summed E-state index contributed by atoms with van der Waals surface area (Å²) in [6.07, 6.45) is 0. The number of benzene rings is 1. The largest absolute Gasteiger partial charge is 0.437 e. The Balaban J connectivity index is 2.29. The maximum atomic E-state index is 12.5. The van der Waals surface area contributed by atoms with Crippen LogP contribution in [0, 0.1) is 0 Å². The molecule has 3 N–H and O–H groups in total. The van der Waals surface area contributed by atoms with Gasteiger partial charge in [0.25, 0.3) is 0 Å². The molecular weight excluding hydrogens is 370 g/mol. The van der Waals surface area contributed by atoms with Crippen molar-refractivity contribution in [3.8, 4) is 0 Å². The molecular formula is C14H10BrN3O3S. The van der Waals surface area contributed by atoms with E-state index in [0.29, 0.717) is 11.0 Å². The van der Waals surface area contributed by atoms with Crippen molar-refractivity contribution in [2.24, 2.45) is 0 Å². The van der Waals surface area contributed by atoms with Crippen LogP contribution in [0.3, 0.4) is 0 Å². The van der Waals surface area contributed by atoms with E-state index in [1.54, 1.807) is 18.2 Å². The molecule has 2 heterocycles. The SMILES string of the molecule is Nc1cc2c(=O)c3cc(Br)ccc3oc2nc1NC(=O)CS. The first-order valence-corrected chi connectivity index (χ1v) is 7.65. The second-order valence-corrected chi connectivity index (χ2v) is 5.79. The molecule has 1 aromatic carbocycles. The average Bonchev–Trinajstić information content (AvgIpc) is 2.50. The van der Waals surface area contributed by atoms with Crippen molar-refractivity contribution in [3.63, 3.8) is 0 Å². The van der Waals surface area contributed by atoms with E-state index in [0.717, 1.165) is 4.47 Å². The number of thiol groups is 1. The lowest BCUT2D eigenvalue weighted by atomic mass is 10.2. The van der Waals surface area contributed by atoms with Crippen LogP contribution in [0.2, 0.25) is 0 Å². The monoisotopic (exact) mass is 379 g/mol. The number of carbonyl (C=O) groups is 1. The highest BCUT2D eigenvalue weighted by Crippen LogP contribution is 2.25. The van der Waals surface area contributed by atoms with Crippen LogP contribution in [0.1, 0.15) is 0 Å². The molecule has 0 saturated heterocycles. The van der Waals surface area contributed by atoms with Gasteiger partial charge in [0.15, 0.2) is 5.82 Å². The summed E-state index contributed by atoms with van der Waals surface area (Å²) in [4.78, 5) is 28.0. The number of carbonyl (C=O) groups excluding carboxylic acids is 1. The van der Waals surface area contributed by atoms with E-state index in [9.17, 15) is 9.59 Å². The highest BCUT2D eigenvalue weighted by molar-refractivity contribution is 9.10. The zero-order chi connectivity index (χ0) is 15.9. The van der Waals surface area contributed by atoms with E-state index >= 15 is 0 Å². The molecule has 3 aromatic rings. The molecule has 112 valence electrons. The predicted molar refractivity (Wildman–Crippen MR) is 92.4 cm³/mol. The number of halogens is 1. The molecule has 0 saturated carbocycles. The van der Waals surface area contributed by atoms with Crippen LogP contribution in [0.25, 0.3) is 22.1 Å².